The first-order chi connectivity index (χ1) is 7.77. The van der Waals surface area contributed by atoms with Gasteiger partial charge in [0.2, 0.25) is 5.91 Å². The Bertz CT molecular complexity index is 474. The zero-order chi connectivity index (χ0) is 11.4. The molecule has 0 unspecified atom stereocenters. The minimum atomic E-state index is 0.0840. The van der Waals surface area contributed by atoms with Gasteiger partial charge in [-0.15, -0.1) is 0 Å². The van der Waals surface area contributed by atoms with Crippen LogP contribution in [0.2, 0.25) is 0 Å². The summed E-state index contributed by atoms with van der Waals surface area (Å²) in [4.78, 5) is 15.6. The predicted molar refractivity (Wildman–Crippen MR) is 62.4 cm³/mol. The number of carbonyl (C=O) groups is 1. The highest BCUT2D eigenvalue weighted by atomic mass is 16.2. The van der Waals surface area contributed by atoms with Gasteiger partial charge in [-0.1, -0.05) is 24.3 Å². The molecule has 0 fully saturated rings. The smallest absolute Gasteiger partial charge is 0.232 e. The highest BCUT2D eigenvalue weighted by Gasteiger charge is 2.05. The van der Waals surface area contributed by atoms with Gasteiger partial charge in [0.1, 0.15) is 6.33 Å². The molecule has 1 aromatic carbocycles. The Kier molecular flexibility index (Phi) is 3.15. The summed E-state index contributed by atoms with van der Waals surface area (Å²) in [5.74, 6) is 0.0840. The van der Waals surface area contributed by atoms with E-state index in [0.717, 1.165) is 6.42 Å². The fourth-order valence-corrected chi connectivity index (χ4v) is 1.67. The van der Waals surface area contributed by atoms with Gasteiger partial charge in [0.15, 0.2) is 0 Å². The Morgan fingerprint density at radius 3 is 2.88 bits per heavy atom. The van der Waals surface area contributed by atoms with E-state index in [9.17, 15) is 4.79 Å². The van der Waals surface area contributed by atoms with E-state index in [1.165, 1.54) is 15.7 Å². The molecule has 16 heavy (non-hydrogen) atoms. The highest BCUT2D eigenvalue weighted by Crippen LogP contribution is 2.10. The number of carbonyl (C=O) groups excluding carboxylic acids is 1. The maximum atomic E-state index is 11.7. The van der Waals surface area contributed by atoms with Crippen LogP contribution in [0.5, 0.6) is 0 Å². The van der Waals surface area contributed by atoms with Crippen molar-refractivity contribution in [2.75, 3.05) is 0 Å². The molecule has 0 bridgehead atoms. The maximum Gasteiger partial charge on any atom is 0.232 e. The van der Waals surface area contributed by atoms with Crippen LogP contribution in [0.1, 0.15) is 22.3 Å². The van der Waals surface area contributed by atoms with Crippen molar-refractivity contribution in [3.63, 3.8) is 0 Å². The van der Waals surface area contributed by atoms with Crippen molar-refractivity contribution in [3.05, 3.63) is 54.1 Å². The van der Waals surface area contributed by atoms with Crippen LogP contribution in [0.25, 0.3) is 0 Å². The Morgan fingerprint density at radius 1 is 1.38 bits per heavy atom. The number of aromatic nitrogens is 2. The van der Waals surface area contributed by atoms with Gasteiger partial charge in [0, 0.05) is 18.8 Å². The molecule has 0 saturated carbocycles. The van der Waals surface area contributed by atoms with Crippen molar-refractivity contribution in [3.8, 4) is 0 Å². The molecule has 1 heterocycles. The number of hydrogen-bond donors (Lipinski definition) is 0. The number of nitrogens with zero attached hydrogens (tertiary/aromatic N) is 2. The summed E-state index contributed by atoms with van der Waals surface area (Å²) < 4.78 is 1.53. The molecule has 0 saturated heterocycles. The Balaban J connectivity index is 1.98. The third kappa shape index (κ3) is 2.37. The number of benzene rings is 1. The van der Waals surface area contributed by atoms with Gasteiger partial charge < -0.3 is 0 Å². The topological polar surface area (TPSA) is 34.9 Å². The van der Waals surface area contributed by atoms with Gasteiger partial charge in [-0.05, 0) is 24.5 Å². The molecule has 3 nitrogen and oxygen atoms in total. The van der Waals surface area contributed by atoms with Crippen molar-refractivity contribution in [2.24, 2.45) is 0 Å². The molecule has 0 amide bonds. The molecule has 0 aliphatic rings. The quantitative estimate of drug-likeness (QED) is 0.786. The number of aryl methyl sites for hydroxylation is 2. The van der Waals surface area contributed by atoms with Gasteiger partial charge in [-0.2, -0.15) is 0 Å². The number of rotatable bonds is 3. The van der Waals surface area contributed by atoms with Crippen LogP contribution in [0.15, 0.2) is 43.0 Å². The molecular weight excluding hydrogens is 200 g/mol. The zero-order valence-electron chi connectivity index (χ0n) is 9.26. The fraction of sp³-hybridized carbons (Fsp3) is 0.231. The molecule has 2 aromatic rings. The molecule has 1 aromatic heterocycles. The summed E-state index contributed by atoms with van der Waals surface area (Å²) in [7, 11) is 0. The number of imidazole rings is 1. The molecule has 82 valence electrons. The third-order valence-corrected chi connectivity index (χ3v) is 2.66. The second kappa shape index (κ2) is 4.75. The minimum absolute atomic E-state index is 0.0840. The van der Waals surface area contributed by atoms with Crippen molar-refractivity contribution in [2.45, 2.75) is 19.8 Å². The second-order valence-corrected chi connectivity index (χ2v) is 3.79. The van der Waals surface area contributed by atoms with Crippen LogP contribution in [0.3, 0.4) is 0 Å². The van der Waals surface area contributed by atoms with E-state index in [2.05, 4.69) is 24.0 Å². The normalized spacial score (nSPS) is 10.3. The summed E-state index contributed by atoms with van der Waals surface area (Å²) in [6, 6.07) is 8.15. The van der Waals surface area contributed by atoms with Crippen LogP contribution in [-0.4, -0.2) is 15.5 Å². The predicted octanol–water partition coefficient (Wildman–Crippen LogP) is 2.46. The van der Waals surface area contributed by atoms with Gasteiger partial charge in [0.25, 0.3) is 0 Å². The van der Waals surface area contributed by atoms with Crippen molar-refractivity contribution in [1.82, 2.24) is 9.55 Å². The monoisotopic (exact) mass is 214 g/mol. The molecular formula is C13H14N2O. The summed E-state index contributed by atoms with van der Waals surface area (Å²) >= 11 is 0. The molecule has 0 atom stereocenters. The molecule has 0 spiro atoms. The van der Waals surface area contributed by atoms with E-state index >= 15 is 0 Å². The van der Waals surface area contributed by atoms with Crippen molar-refractivity contribution in [1.29, 1.82) is 0 Å². The summed E-state index contributed by atoms with van der Waals surface area (Å²) in [5, 5.41) is 0. The van der Waals surface area contributed by atoms with Crippen LogP contribution in [0.4, 0.5) is 0 Å². The van der Waals surface area contributed by atoms with E-state index in [4.69, 9.17) is 0 Å². The van der Waals surface area contributed by atoms with Crippen LogP contribution in [0, 0.1) is 6.92 Å². The van der Waals surface area contributed by atoms with Crippen LogP contribution < -0.4 is 0 Å². The Morgan fingerprint density at radius 2 is 2.19 bits per heavy atom. The van der Waals surface area contributed by atoms with Crippen molar-refractivity contribution >= 4 is 5.91 Å². The SMILES string of the molecule is Cc1ccccc1CCC(=O)n1ccnc1. The molecule has 0 aliphatic carbocycles. The molecule has 0 N–H and O–H groups in total. The first kappa shape index (κ1) is 10.6. The summed E-state index contributed by atoms with van der Waals surface area (Å²) in [5.41, 5.74) is 2.47. The average molecular weight is 214 g/mol. The lowest BCUT2D eigenvalue weighted by atomic mass is 10.0. The summed E-state index contributed by atoms with van der Waals surface area (Å²) in [6.07, 6.45) is 6.14. The van der Waals surface area contributed by atoms with Crippen LogP contribution in [-0.2, 0) is 6.42 Å². The largest absolute Gasteiger partial charge is 0.276 e. The van der Waals surface area contributed by atoms with Gasteiger partial charge in [-0.3, -0.25) is 9.36 Å². The molecule has 3 heteroatoms. The first-order valence-electron chi connectivity index (χ1n) is 5.33. The minimum Gasteiger partial charge on any atom is -0.276 e. The lowest BCUT2D eigenvalue weighted by Gasteiger charge is -2.04. The second-order valence-electron chi connectivity index (χ2n) is 3.79. The third-order valence-electron chi connectivity index (χ3n) is 2.66. The standard InChI is InChI=1S/C13H14N2O/c1-11-4-2-3-5-12(11)6-7-13(16)15-9-8-14-10-15/h2-5,8-10H,6-7H2,1H3. The van der Waals surface area contributed by atoms with Gasteiger partial charge in [0.05, 0.1) is 0 Å². The van der Waals surface area contributed by atoms with Crippen LogP contribution >= 0.6 is 0 Å². The van der Waals surface area contributed by atoms with E-state index in [1.54, 1.807) is 18.7 Å². The van der Waals surface area contributed by atoms with E-state index in [-0.39, 0.29) is 5.91 Å². The first-order valence-corrected chi connectivity index (χ1v) is 5.33. The van der Waals surface area contributed by atoms with Gasteiger partial charge in [-0.25, -0.2) is 4.98 Å². The highest BCUT2D eigenvalue weighted by molar-refractivity contribution is 5.78. The Hall–Kier alpha value is -1.90. The molecule has 0 radical (unpaired) electrons. The zero-order valence-corrected chi connectivity index (χ0v) is 9.26. The Labute approximate surface area is 94.7 Å². The average Bonchev–Trinajstić information content (AvgIpc) is 2.81. The van der Waals surface area contributed by atoms with E-state index in [1.807, 2.05) is 12.1 Å². The lowest BCUT2D eigenvalue weighted by Crippen LogP contribution is -2.09. The number of hydrogen-bond acceptors (Lipinski definition) is 2. The van der Waals surface area contributed by atoms with Gasteiger partial charge >= 0.3 is 0 Å². The molecule has 2 rings (SSSR count). The lowest BCUT2D eigenvalue weighted by molar-refractivity contribution is 0.0903. The fourth-order valence-electron chi connectivity index (χ4n) is 1.67. The van der Waals surface area contributed by atoms with Crippen molar-refractivity contribution < 1.29 is 4.79 Å². The summed E-state index contributed by atoms with van der Waals surface area (Å²) in [6.45, 7) is 2.07. The maximum absolute atomic E-state index is 11.7. The molecule has 0 aliphatic heterocycles. The van der Waals surface area contributed by atoms with E-state index in [0.29, 0.717) is 6.42 Å². The van der Waals surface area contributed by atoms with E-state index < -0.39 is 0 Å².